The normalized spacial score (nSPS) is 12.4. The summed E-state index contributed by atoms with van der Waals surface area (Å²) in [5.41, 5.74) is 0.450. The Kier molecular flexibility index (Phi) is 6.78. The van der Waals surface area contributed by atoms with Crippen LogP contribution in [0.5, 0.6) is 0 Å². The molecule has 3 rings (SSSR count). The smallest absolute Gasteiger partial charge is 0.860 e. The van der Waals surface area contributed by atoms with Crippen molar-refractivity contribution in [3.63, 3.8) is 0 Å². The first-order chi connectivity index (χ1) is 12.4. The maximum absolute atomic E-state index is 13.2. The molecule has 0 aliphatic heterocycles. The largest absolute Gasteiger partial charge is 1.00 e. The number of aliphatic hydroxyl groups excluding tert-OH is 1. The van der Waals surface area contributed by atoms with E-state index in [1.807, 2.05) is 44.2 Å². The van der Waals surface area contributed by atoms with Crippen LogP contribution in [0.3, 0.4) is 0 Å². The van der Waals surface area contributed by atoms with Crippen LogP contribution in [-0.2, 0) is 5.54 Å². The number of rotatable bonds is 5. The van der Waals surface area contributed by atoms with E-state index >= 15 is 0 Å². The van der Waals surface area contributed by atoms with Gasteiger partial charge in [-0.1, -0.05) is 67.2 Å². The van der Waals surface area contributed by atoms with Gasteiger partial charge in [-0.15, -0.1) is 0 Å². The molecule has 0 amide bonds. The monoisotopic (exact) mass is 353 g/mol. The van der Waals surface area contributed by atoms with Crippen molar-refractivity contribution in [3.8, 4) is 0 Å². The molecule has 0 aliphatic carbocycles. The van der Waals surface area contributed by atoms with Gasteiger partial charge in [-0.25, -0.2) is 0 Å². The molecule has 0 heterocycles. The average Bonchev–Trinajstić information content (AvgIpc) is 2.65. The van der Waals surface area contributed by atoms with Crippen molar-refractivity contribution < 1.29 is 29.1 Å². The zero-order chi connectivity index (χ0) is 18.7. The summed E-state index contributed by atoms with van der Waals surface area (Å²) in [6.07, 6.45) is 0. The van der Waals surface area contributed by atoms with Gasteiger partial charge in [0.1, 0.15) is 0 Å². The van der Waals surface area contributed by atoms with E-state index in [0.29, 0.717) is 10.4 Å². The Hall–Kier alpha value is -2.18. The van der Waals surface area contributed by atoms with Crippen LogP contribution in [0.25, 0.3) is 23.2 Å². The van der Waals surface area contributed by atoms with E-state index in [-0.39, 0.29) is 37.9 Å². The molecule has 0 bridgehead atoms. The first kappa shape index (κ1) is 21.1. The predicted molar refractivity (Wildman–Crippen MR) is 105 cm³/mol. The van der Waals surface area contributed by atoms with Crippen molar-refractivity contribution in [1.29, 1.82) is 0 Å². The van der Waals surface area contributed by atoms with Crippen molar-refractivity contribution >= 4 is 23.2 Å². The van der Waals surface area contributed by atoms with E-state index in [9.17, 15) is 10.2 Å². The minimum Gasteiger partial charge on any atom is -0.860 e. The molecular formula is C23H24LiNO2. The fourth-order valence-corrected chi connectivity index (χ4v) is 3.33. The van der Waals surface area contributed by atoms with Crippen LogP contribution >= 0.6 is 0 Å². The Balaban J connectivity index is 0.00000261. The van der Waals surface area contributed by atoms with Gasteiger partial charge >= 0.3 is 18.9 Å². The van der Waals surface area contributed by atoms with Crippen LogP contribution in [0.1, 0.15) is 19.4 Å². The molecule has 0 spiro atoms. The second-order valence-corrected chi connectivity index (χ2v) is 6.96. The minimum atomic E-state index is -0.577. The van der Waals surface area contributed by atoms with Gasteiger partial charge in [0.25, 0.3) is 0 Å². The molecule has 4 heteroatoms. The number of nitrogens with zero attached hydrogens (tertiary/aromatic N) is 1. The van der Waals surface area contributed by atoms with Gasteiger partial charge < -0.3 is 15.1 Å². The number of aliphatic hydroxyl groups is 1. The molecule has 3 aromatic carbocycles. The number of hydrogen-bond acceptors (Lipinski definition) is 3. The summed E-state index contributed by atoms with van der Waals surface area (Å²) in [7, 11) is 0. The van der Waals surface area contributed by atoms with Gasteiger partial charge in [0, 0.05) is 6.54 Å². The van der Waals surface area contributed by atoms with Crippen molar-refractivity contribution in [2.45, 2.75) is 19.4 Å². The van der Waals surface area contributed by atoms with Crippen LogP contribution in [-0.4, -0.2) is 23.2 Å². The molecule has 0 saturated carbocycles. The Morgan fingerprint density at radius 3 is 2.30 bits per heavy atom. The molecule has 0 saturated heterocycles. The summed E-state index contributed by atoms with van der Waals surface area (Å²) in [5, 5.41) is 26.3. The summed E-state index contributed by atoms with van der Waals surface area (Å²) >= 11 is 0. The van der Waals surface area contributed by atoms with Gasteiger partial charge in [-0.3, -0.25) is 0 Å². The molecule has 0 atom stereocenters. The Bertz CT molecular complexity index is 1030. The van der Waals surface area contributed by atoms with Crippen molar-refractivity contribution in [1.82, 2.24) is 4.90 Å². The molecule has 0 unspecified atom stereocenters. The number of hydrogen-bond donors (Lipinski definition) is 1. The van der Waals surface area contributed by atoms with E-state index < -0.39 is 5.54 Å². The maximum atomic E-state index is 13.2. The molecule has 3 aromatic rings. The van der Waals surface area contributed by atoms with Gasteiger partial charge in [0.2, 0.25) is 0 Å². The third-order valence-electron chi connectivity index (χ3n) is 4.95. The summed E-state index contributed by atoms with van der Waals surface area (Å²) in [4.78, 5) is 1.72. The topological polar surface area (TPSA) is 46.5 Å². The summed E-state index contributed by atoms with van der Waals surface area (Å²) in [6.45, 7) is 8.15. The second-order valence-electron chi connectivity index (χ2n) is 6.96. The first-order valence-electron chi connectivity index (χ1n) is 8.78. The SMILES string of the molecule is C=c1cccc/c1=C(/[O-])N(CCO)C(C)(C)c1ccc2ccccc2c1.[Li+]. The Morgan fingerprint density at radius 2 is 1.63 bits per heavy atom. The van der Waals surface area contributed by atoms with Crippen molar-refractivity contribution in [2.24, 2.45) is 0 Å². The van der Waals surface area contributed by atoms with E-state index in [1.165, 1.54) is 0 Å². The zero-order valence-electron chi connectivity index (χ0n) is 16.3. The van der Waals surface area contributed by atoms with E-state index in [0.717, 1.165) is 16.3 Å². The molecular weight excluding hydrogens is 329 g/mol. The first-order valence-corrected chi connectivity index (χ1v) is 8.78. The van der Waals surface area contributed by atoms with Gasteiger partial charge in [0.15, 0.2) is 0 Å². The maximum Gasteiger partial charge on any atom is 1.00 e. The average molecular weight is 353 g/mol. The quantitative estimate of drug-likeness (QED) is 0.593. The Labute approximate surface area is 172 Å². The Morgan fingerprint density at radius 1 is 1.00 bits per heavy atom. The van der Waals surface area contributed by atoms with Gasteiger partial charge in [0.05, 0.1) is 12.1 Å². The third kappa shape index (κ3) is 4.22. The van der Waals surface area contributed by atoms with E-state index in [2.05, 4.69) is 36.9 Å². The summed E-state index contributed by atoms with van der Waals surface area (Å²) < 4.78 is 0. The molecule has 3 nitrogen and oxygen atoms in total. The van der Waals surface area contributed by atoms with Crippen molar-refractivity contribution in [3.05, 3.63) is 82.7 Å². The van der Waals surface area contributed by atoms with Crippen LogP contribution in [0.15, 0.2) is 66.7 Å². The van der Waals surface area contributed by atoms with E-state index in [4.69, 9.17) is 0 Å². The van der Waals surface area contributed by atoms with E-state index in [1.54, 1.807) is 11.0 Å². The molecule has 0 fully saturated rings. The molecule has 27 heavy (non-hydrogen) atoms. The van der Waals surface area contributed by atoms with Crippen LogP contribution in [0.2, 0.25) is 0 Å². The second kappa shape index (κ2) is 8.67. The van der Waals surface area contributed by atoms with Crippen molar-refractivity contribution in [2.75, 3.05) is 13.2 Å². The van der Waals surface area contributed by atoms with Crippen LogP contribution in [0.4, 0.5) is 0 Å². The molecule has 134 valence electrons. The fourth-order valence-electron chi connectivity index (χ4n) is 3.33. The predicted octanol–water partition coefficient (Wildman–Crippen LogP) is -1.09. The molecule has 0 aliphatic rings. The van der Waals surface area contributed by atoms with Gasteiger partial charge in [-0.2, -0.15) is 0 Å². The fraction of sp³-hybridized carbons (Fsp3) is 0.217. The summed E-state index contributed by atoms with van der Waals surface area (Å²) in [5.74, 6) is -0.122. The zero-order valence-corrected chi connectivity index (χ0v) is 16.3. The minimum absolute atomic E-state index is 0. The molecule has 1 N–H and O–H groups in total. The third-order valence-corrected chi connectivity index (χ3v) is 4.95. The molecule has 0 radical (unpaired) electrons. The summed E-state index contributed by atoms with van der Waals surface area (Å²) in [6, 6.07) is 21.7. The van der Waals surface area contributed by atoms with Gasteiger partial charge in [-0.05, 0) is 52.6 Å². The van der Waals surface area contributed by atoms with Crippen LogP contribution in [0, 0.1) is 0 Å². The standard InChI is InChI=1S/C23H25NO2.Li/c1-17-8-4-7-11-21(17)22(26)24(14-15-25)23(2,3)20-13-12-18-9-5-6-10-19(18)16-20;/h4-13,16,25-26H,1,14-15H2,2-3H3;/q;+1/p-1/b22-21-;. The molecule has 0 aromatic heterocycles. The number of benzene rings is 3. The van der Waals surface area contributed by atoms with Crippen LogP contribution < -0.4 is 34.4 Å². The number of fused-ring (bicyclic) bond motifs is 1.